The van der Waals surface area contributed by atoms with Gasteiger partial charge in [0.1, 0.15) is 11.1 Å². The van der Waals surface area contributed by atoms with Crippen molar-refractivity contribution in [3.8, 4) is 0 Å². The zero-order chi connectivity index (χ0) is 15.4. The van der Waals surface area contributed by atoms with Crippen molar-refractivity contribution in [2.24, 2.45) is 0 Å². The van der Waals surface area contributed by atoms with Crippen molar-refractivity contribution < 1.29 is 9.90 Å². The predicted octanol–water partition coefficient (Wildman–Crippen LogP) is 0.565. The van der Waals surface area contributed by atoms with Crippen LogP contribution in [0.2, 0.25) is 5.02 Å². The number of carboxylic acid groups (broad SMARTS) is 1. The molecule has 0 amide bonds. The molecule has 0 bridgehead atoms. The molecule has 7 nitrogen and oxygen atoms in total. The maximum atomic E-state index is 11.7. The summed E-state index contributed by atoms with van der Waals surface area (Å²) >= 11 is 5.67. The fourth-order valence-electron chi connectivity index (χ4n) is 2.57. The fourth-order valence-corrected chi connectivity index (χ4v) is 2.74. The molecule has 1 aromatic rings. The monoisotopic (exact) mass is 315 g/mol. The minimum Gasteiger partial charge on any atom is -0.480 e. The van der Waals surface area contributed by atoms with Gasteiger partial charge in [-0.25, -0.2) is 4.79 Å². The van der Waals surface area contributed by atoms with Gasteiger partial charge in [0.2, 0.25) is 0 Å². The molecule has 1 heterocycles. The molecule has 0 radical (unpaired) electrons. The number of nitrogens with one attached hydrogen (secondary N) is 2. The number of nitrogens with zero attached hydrogens (tertiary/aromatic N) is 1. The summed E-state index contributed by atoms with van der Waals surface area (Å²) in [7, 11) is 0. The van der Waals surface area contributed by atoms with Crippen molar-refractivity contribution >= 4 is 17.6 Å². The van der Waals surface area contributed by atoms with E-state index >= 15 is 0 Å². The Morgan fingerprint density at radius 3 is 2.71 bits per heavy atom. The molecule has 1 aromatic heterocycles. The Hall–Kier alpha value is -1.60. The second kappa shape index (κ2) is 6.91. The molecule has 21 heavy (non-hydrogen) atoms. The van der Waals surface area contributed by atoms with Crippen molar-refractivity contribution in [1.82, 2.24) is 14.9 Å². The predicted molar refractivity (Wildman–Crippen MR) is 77.8 cm³/mol. The van der Waals surface area contributed by atoms with Gasteiger partial charge in [0.25, 0.3) is 5.56 Å². The van der Waals surface area contributed by atoms with Crippen LogP contribution >= 0.6 is 11.6 Å². The van der Waals surface area contributed by atoms with Gasteiger partial charge in [-0.15, -0.1) is 0 Å². The maximum Gasteiger partial charge on any atom is 0.328 e. The number of hydrogen-bond donors (Lipinski definition) is 3. The van der Waals surface area contributed by atoms with E-state index in [0.717, 1.165) is 30.3 Å². The lowest BCUT2D eigenvalue weighted by Crippen LogP contribution is -2.48. The number of aromatic nitrogens is 2. The minimum atomic E-state index is -1.03. The van der Waals surface area contributed by atoms with Gasteiger partial charge in [-0.1, -0.05) is 30.9 Å². The van der Waals surface area contributed by atoms with Gasteiger partial charge < -0.3 is 10.4 Å². The standard InChI is InChI=1S/C13H18ClN3O4/c14-9-6-17(13(21)16-11(9)18)7-10(12(19)20)15-8-4-2-1-3-5-8/h6,8,10,15H,1-5,7H2,(H,19,20)(H,16,18,21)/t10-/m0/s1. The van der Waals surface area contributed by atoms with E-state index in [2.05, 4.69) is 10.3 Å². The van der Waals surface area contributed by atoms with Gasteiger partial charge in [0.05, 0.1) is 6.54 Å². The molecule has 1 saturated carbocycles. The molecule has 0 spiro atoms. The molecular weight excluding hydrogens is 298 g/mol. The molecule has 3 N–H and O–H groups in total. The largest absolute Gasteiger partial charge is 0.480 e. The molecule has 8 heteroatoms. The number of carboxylic acids is 1. The van der Waals surface area contributed by atoms with E-state index in [4.69, 9.17) is 11.6 Å². The first-order valence-corrected chi connectivity index (χ1v) is 7.33. The average molecular weight is 316 g/mol. The number of hydrogen-bond acceptors (Lipinski definition) is 4. The van der Waals surface area contributed by atoms with Crippen LogP contribution < -0.4 is 16.6 Å². The Labute approximate surface area is 125 Å². The molecule has 2 rings (SSSR count). The summed E-state index contributed by atoms with van der Waals surface area (Å²) in [6.07, 6.45) is 6.37. The lowest BCUT2D eigenvalue weighted by molar-refractivity contribution is -0.140. The summed E-state index contributed by atoms with van der Waals surface area (Å²) in [5.74, 6) is -1.03. The SMILES string of the molecule is O=C(O)[C@H](Cn1cc(Cl)c(=O)[nH]c1=O)NC1CCCCC1. The maximum absolute atomic E-state index is 11.7. The van der Waals surface area contributed by atoms with Crippen molar-refractivity contribution in [1.29, 1.82) is 0 Å². The molecule has 1 atom stereocenters. The molecule has 0 saturated heterocycles. The van der Waals surface area contributed by atoms with E-state index in [1.54, 1.807) is 0 Å². The Kier molecular flexibility index (Phi) is 5.19. The van der Waals surface area contributed by atoms with Crippen molar-refractivity contribution in [3.63, 3.8) is 0 Å². The Balaban J connectivity index is 2.12. The summed E-state index contributed by atoms with van der Waals surface area (Å²) in [4.78, 5) is 36.3. The van der Waals surface area contributed by atoms with Crippen LogP contribution in [0.1, 0.15) is 32.1 Å². The van der Waals surface area contributed by atoms with E-state index in [1.165, 1.54) is 12.6 Å². The van der Waals surface area contributed by atoms with Crippen LogP contribution in [0.4, 0.5) is 0 Å². The highest BCUT2D eigenvalue weighted by Gasteiger charge is 2.24. The zero-order valence-corrected chi connectivity index (χ0v) is 12.2. The molecule has 0 aromatic carbocycles. The zero-order valence-electron chi connectivity index (χ0n) is 11.5. The van der Waals surface area contributed by atoms with Crippen LogP contribution in [-0.2, 0) is 11.3 Å². The van der Waals surface area contributed by atoms with Crippen LogP contribution in [0, 0.1) is 0 Å². The molecule has 1 aliphatic carbocycles. The molecule has 0 unspecified atom stereocenters. The van der Waals surface area contributed by atoms with Crippen LogP contribution in [0.3, 0.4) is 0 Å². The van der Waals surface area contributed by atoms with Crippen LogP contribution in [0.5, 0.6) is 0 Å². The van der Waals surface area contributed by atoms with E-state index < -0.39 is 23.3 Å². The van der Waals surface area contributed by atoms with E-state index in [9.17, 15) is 19.5 Å². The van der Waals surface area contributed by atoms with Gasteiger partial charge in [0.15, 0.2) is 0 Å². The number of carbonyl (C=O) groups is 1. The van der Waals surface area contributed by atoms with E-state index in [1.807, 2.05) is 0 Å². The molecule has 1 aliphatic rings. The van der Waals surface area contributed by atoms with Crippen LogP contribution in [0.15, 0.2) is 15.8 Å². The van der Waals surface area contributed by atoms with Crippen molar-refractivity contribution in [2.45, 2.75) is 50.7 Å². The highest BCUT2D eigenvalue weighted by Crippen LogP contribution is 2.18. The lowest BCUT2D eigenvalue weighted by atomic mass is 9.95. The minimum absolute atomic E-state index is 0.0822. The van der Waals surface area contributed by atoms with Gasteiger partial charge in [-0.3, -0.25) is 19.1 Å². The summed E-state index contributed by atoms with van der Waals surface area (Å²) in [5.41, 5.74) is -1.34. The lowest BCUT2D eigenvalue weighted by Gasteiger charge is -2.26. The Bertz CT molecular complexity index is 619. The Morgan fingerprint density at radius 1 is 1.43 bits per heavy atom. The second-order valence-corrected chi connectivity index (χ2v) is 5.69. The first-order chi connectivity index (χ1) is 9.97. The Morgan fingerprint density at radius 2 is 2.10 bits per heavy atom. The molecule has 0 aliphatic heterocycles. The third kappa shape index (κ3) is 4.18. The fraction of sp³-hybridized carbons (Fsp3) is 0.615. The average Bonchev–Trinajstić information content (AvgIpc) is 2.44. The first kappa shape index (κ1) is 15.8. The molecule has 1 fully saturated rings. The van der Waals surface area contributed by atoms with Gasteiger partial charge in [0, 0.05) is 12.2 Å². The van der Waals surface area contributed by atoms with Crippen molar-refractivity contribution in [3.05, 3.63) is 32.1 Å². The quantitative estimate of drug-likeness (QED) is 0.736. The second-order valence-electron chi connectivity index (χ2n) is 5.28. The van der Waals surface area contributed by atoms with E-state index in [0.29, 0.717) is 0 Å². The van der Waals surface area contributed by atoms with Gasteiger partial charge >= 0.3 is 11.7 Å². The van der Waals surface area contributed by atoms with E-state index in [-0.39, 0.29) is 17.6 Å². The highest BCUT2D eigenvalue weighted by molar-refractivity contribution is 6.30. The summed E-state index contributed by atoms with van der Waals surface area (Å²) in [6, 6.07) is -0.749. The van der Waals surface area contributed by atoms with Crippen LogP contribution in [-0.4, -0.2) is 32.7 Å². The first-order valence-electron chi connectivity index (χ1n) is 6.95. The highest BCUT2D eigenvalue weighted by atomic mass is 35.5. The number of halogens is 1. The number of aliphatic carboxylic acids is 1. The number of H-pyrrole nitrogens is 1. The number of rotatable bonds is 5. The third-order valence-electron chi connectivity index (χ3n) is 3.69. The molecule has 116 valence electrons. The topological polar surface area (TPSA) is 104 Å². The summed E-state index contributed by atoms with van der Waals surface area (Å²) < 4.78 is 1.11. The number of aromatic amines is 1. The summed E-state index contributed by atoms with van der Waals surface area (Å²) in [5, 5.41) is 12.2. The smallest absolute Gasteiger partial charge is 0.328 e. The van der Waals surface area contributed by atoms with Gasteiger partial charge in [-0.2, -0.15) is 0 Å². The van der Waals surface area contributed by atoms with Gasteiger partial charge in [-0.05, 0) is 12.8 Å². The summed E-state index contributed by atoms with van der Waals surface area (Å²) in [6.45, 7) is -0.0822. The molecular formula is C13H18ClN3O4. The van der Waals surface area contributed by atoms with Crippen molar-refractivity contribution in [2.75, 3.05) is 0 Å². The normalized spacial score (nSPS) is 17.6. The third-order valence-corrected chi connectivity index (χ3v) is 3.96. The van der Waals surface area contributed by atoms with Crippen LogP contribution in [0.25, 0.3) is 0 Å².